The zero-order valence-electron chi connectivity index (χ0n) is 14.4. The lowest BCUT2D eigenvalue weighted by molar-refractivity contribution is -0.134. The van der Waals surface area contributed by atoms with E-state index in [2.05, 4.69) is 18.0 Å². The minimum absolute atomic E-state index is 0.167. The van der Waals surface area contributed by atoms with Crippen LogP contribution in [0.5, 0.6) is 5.75 Å². The lowest BCUT2D eigenvalue weighted by Gasteiger charge is -2.39. The van der Waals surface area contributed by atoms with E-state index in [-0.39, 0.29) is 18.6 Å². The molecule has 1 N–H and O–H groups in total. The van der Waals surface area contributed by atoms with Gasteiger partial charge in [-0.25, -0.2) is 0 Å². The monoisotopic (exact) mass is 320 g/mol. The van der Waals surface area contributed by atoms with Crippen LogP contribution in [0.15, 0.2) is 18.2 Å². The minimum atomic E-state index is 0.167. The number of amides is 1. The van der Waals surface area contributed by atoms with E-state index in [0.29, 0.717) is 13.0 Å². The van der Waals surface area contributed by atoms with Crippen molar-refractivity contribution < 1.29 is 14.6 Å². The van der Waals surface area contributed by atoms with E-state index < -0.39 is 0 Å². The van der Waals surface area contributed by atoms with Gasteiger partial charge in [0, 0.05) is 38.7 Å². The Kier molecular flexibility index (Phi) is 6.42. The van der Waals surface area contributed by atoms with Crippen LogP contribution in [-0.2, 0) is 11.2 Å². The molecule has 1 saturated heterocycles. The van der Waals surface area contributed by atoms with E-state index in [9.17, 15) is 4.79 Å². The highest BCUT2D eigenvalue weighted by Crippen LogP contribution is 2.20. The van der Waals surface area contributed by atoms with Gasteiger partial charge in [-0.15, -0.1) is 0 Å². The van der Waals surface area contributed by atoms with Crippen molar-refractivity contribution in [2.45, 2.75) is 32.2 Å². The molecule has 1 aliphatic rings. The predicted octanol–water partition coefficient (Wildman–Crippen LogP) is 1.46. The van der Waals surface area contributed by atoms with Crippen LogP contribution in [0.25, 0.3) is 0 Å². The van der Waals surface area contributed by atoms with Crippen LogP contribution >= 0.6 is 0 Å². The first-order valence-electron chi connectivity index (χ1n) is 8.27. The fourth-order valence-corrected chi connectivity index (χ4v) is 3.06. The number of hydrogen-bond donors (Lipinski definition) is 1. The molecule has 0 radical (unpaired) electrons. The van der Waals surface area contributed by atoms with Gasteiger partial charge in [-0.05, 0) is 44.0 Å². The van der Waals surface area contributed by atoms with Crippen molar-refractivity contribution in [1.82, 2.24) is 9.80 Å². The second kappa shape index (κ2) is 8.31. The molecule has 0 aromatic heterocycles. The third kappa shape index (κ3) is 4.69. The second-order valence-corrected chi connectivity index (χ2v) is 6.29. The average Bonchev–Trinajstić information content (AvgIpc) is 2.56. The largest absolute Gasteiger partial charge is 0.496 e. The summed E-state index contributed by atoms with van der Waals surface area (Å²) < 4.78 is 5.34. The lowest BCUT2D eigenvalue weighted by Crippen LogP contribution is -2.53. The number of nitrogens with zero attached hydrogens (tertiary/aromatic N) is 2. The first kappa shape index (κ1) is 17.8. The van der Waals surface area contributed by atoms with E-state index in [0.717, 1.165) is 42.8 Å². The summed E-state index contributed by atoms with van der Waals surface area (Å²) in [5.74, 6) is 1.07. The van der Waals surface area contributed by atoms with Crippen LogP contribution in [0.1, 0.15) is 24.0 Å². The molecule has 1 aliphatic heterocycles. The zero-order valence-corrected chi connectivity index (χ0v) is 14.4. The van der Waals surface area contributed by atoms with E-state index in [1.807, 2.05) is 24.0 Å². The molecular formula is C18H28N2O3. The molecule has 1 fully saturated rings. The summed E-state index contributed by atoms with van der Waals surface area (Å²) in [6, 6.07) is 6.37. The first-order valence-corrected chi connectivity index (χ1v) is 8.27. The summed E-state index contributed by atoms with van der Waals surface area (Å²) in [6.07, 6.45) is 1.96. The summed E-state index contributed by atoms with van der Waals surface area (Å²) in [4.78, 5) is 16.6. The van der Waals surface area contributed by atoms with E-state index in [4.69, 9.17) is 9.84 Å². The number of aliphatic hydroxyl groups is 1. The summed E-state index contributed by atoms with van der Waals surface area (Å²) in [7, 11) is 3.73. The standard InChI is InChI=1S/C18H28N2O3/c1-14-4-5-15(12-17(14)23-3)6-7-18(22)20-10-9-19(2)16(13-20)8-11-21/h4-5,12,16,21H,6-11,13H2,1-3H3/t16-/m1/s1. The highest BCUT2D eigenvalue weighted by atomic mass is 16.5. The number of hydrogen-bond acceptors (Lipinski definition) is 4. The number of likely N-dealkylation sites (N-methyl/N-ethyl adjacent to an activating group) is 1. The van der Waals surface area contributed by atoms with Crippen molar-refractivity contribution in [3.05, 3.63) is 29.3 Å². The Hall–Kier alpha value is -1.59. The van der Waals surface area contributed by atoms with Gasteiger partial charge in [-0.1, -0.05) is 12.1 Å². The summed E-state index contributed by atoms with van der Waals surface area (Å²) in [5.41, 5.74) is 2.23. The summed E-state index contributed by atoms with van der Waals surface area (Å²) >= 11 is 0. The van der Waals surface area contributed by atoms with Gasteiger partial charge in [-0.2, -0.15) is 0 Å². The van der Waals surface area contributed by atoms with Crippen molar-refractivity contribution in [3.8, 4) is 5.75 Å². The molecule has 5 nitrogen and oxygen atoms in total. The Labute approximate surface area is 138 Å². The van der Waals surface area contributed by atoms with Crippen LogP contribution in [-0.4, -0.2) is 67.3 Å². The molecule has 0 unspecified atom stereocenters. The molecule has 1 amide bonds. The number of carbonyl (C=O) groups excluding carboxylic acids is 1. The number of carbonyl (C=O) groups is 1. The van der Waals surface area contributed by atoms with Crippen molar-refractivity contribution in [2.75, 3.05) is 40.4 Å². The lowest BCUT2D eigenvalue weighted by atomic mass is 10.1. The van der Waals surface area contributed by atoms with E-state index in [1.165, 1.54) is 0 Å². The maximum absolute atomic E-state index is 12.5. The number of piperazine rings is 1. The number of rotatable bonds is 6. The summed E-state index contributed by atoms with van der Waals surface area (Å²) in [6.45, 7) is 4.54. The molecule has 23 heavy (non-hydrogen) atoms. The number of aryl methyl sites for hydroxylation is 2. The topological polar surface area (TPSA) is 53.0 Å². The smallest absolute Gasteiger partial charge is 0.222 e. The number of benzene rings is 1. The van der Waals surface area contributed by atoms with Gasteiger partial charge in [0.05, 0.1) is 7.11 Å². The first-order chi connectivity index (χ1) is 11.0. The Morgan fingerprint density at radius 2 is 2.17 bits per heavy atom. The Morgan fingerprint density at radius 1 is 1.39 bits per heavy atom. The maximum Gasteiger partial charge on any atom is 0.222 e. The third-order valence-electron chi connectivity index (χ3n) is 4.69. The van der Waals surface area contributed by atoms with Gasteiger partial charge in [0.25, 0.3) is 0 Å². The third-order valence-corrected chi connectivity index (χ3v) is 4.69. The average molecular weight is 320 g/mol. The minimum Gasteiger partial charge on any atom is -0.496 e. The predicted molar refractivity (Wildman–Crippen MR) is 90.8 cm³/mol. The molecule has 0 spiro atoms. The molecule has 2 rings (SSSR count). The van der Waals surface area contributed by atoms with Crippen LogP contribution in [0, 0.1) is 6.92 Å². The fraction of sp³-hybridized carbons (Fsp3) is 0.611. The molecule has 5 heteroatoms. The Bertz CT molecular complexity index is 533. The van der Waals surface area contributed by atoms with Crippen LogP contribution in [0.4, 0.5) is 0 Å². The highest BCUT2D eigenvalue weighted by Gasteiger charge is 2.26. The molecular weight excluding hydrogens is 292 g/mol. The van der Waals surface area contributed by atoms with Gasteiger partial charge in [-0.3, -0.25) is 9.69 Å². The zero-order chi connectivity index (χ0) is 16.8. The van der Waals surface area contributed by atoms with Crippen molar-refractivity contribution in [3.63, 3.8) is 0 Å². The van der Waals surface area contributed by atoms with Gasteiger partial charge >= 0.3 is 0 Å². The quantitative estimate of drug-likeness (QED) is 0.862. The molecule has 0 aliphatic carbocycles. The maximum atomic E-state index is 12.5. The summed E-state index contributed by atoms with van der Waals surface area (Å²) in [5, 5.41) is 9.14. The van der Waals surface area contributed by atoms with Crippen LogP contribution in [0.3, 0.4) is 0 Å². The second-order valence-electron chi connectivity index (χ2n) is 6.29. The van der Waals surface area contributed by atoms with E-state index >= 15 is 0 Å². The number of aliphatic hydroxyl groups excluding tert-OH is 1. The molecule has 1 atom stereocenters. The molecule has 0 bridgehead atoms. The normalized spacial score (nSPS) is 19.0. The van der Waals surface area contributed by atoms with Gasteiger partial charge in [0.1, 0.15) is 5.75 Å². The van der Waals surface area contributed by atoms with Gasteiger partial charge in [0.2, 0.25) is 5.91 Å². The number of methoxy groups -OCH3 is 1. The molecule has 1 aromatic carbocycles. The Balaban J connectivity index is 1.89. The van der Waals surface area contributed by atoms with Crippen molar-refractivity contribution in [1.29, 1.82) is 0 Å². The SMILES string of the molecule is COc1cc(CCC(=O)N2CCN(C)[C@H](CCO)C2)ccc1C. The van der Waals surface area contributed by atoms with E-state index in [1.54, 1.807) is 7.11 Å². The number of ether oxygens (including phenoxy) is 1. The molecule has 0 saturated carbocycles. The van der Waals surface area contributed by atoms with Crippen LogP contribution in [0.2, 0.25) is 0 Å². The molecule has 1 aromatic rings. The molecule has 128 valence electrons. The van der Waals surface area contributed by atoms with Crippen molar-refractivity contribution in [2.24, 2.45) is 0 Å². The van der Waals surface area contributed by atoms with Crippen molar-refractivity contribution >= 4 is 5.91 Å². The van der Waals surface area contributed by atoms with Crippen LogP contribution < -0.4 is 4.74 Å². The van der Waals surface area contributed by atoms with Gasteiger partial charge in [0.15, 0.2) is 0 Å². The molecule has 1 heterocycles. The Morgan fingerprint density at radius 3 is 2.87 bits per heavy atom. The highest BCUT2D eigenvalue weighted by molar-refractivity contribution is 5.76. The fourth-order valence-electron chi connectivity index (χ4n) is 3.06. The van der Waals surface area contributed by atoms with Gasteiger partial charge < -0.3 is 14.7 Å².